The van der Waals surface area contributed by atoms with E-state index in [9.17, 15) is 0 Å². The predicted molar refractivity (Wildman–Crippen MR) is 71.7 cm³/mol. The lowest BCUT2D eigenvalue weighted by molar-refractivity contribution is 0.128. The average Bonchev–Trinajstić information content (AvgIpc) is 2.21. The molecule has 0 saturated carbocycles. The van der Waals surface area contributed by atoms with Crippen molar-refractivity contribution < 1.29 is 0 Å². The summed E-state index contributed by atoms with van der Waals surface area (Å²) in [5.74, 6) is 0.783. The van der Waals surface area contributed by atoms with Gasteiger partial charge in [0.05, 0.1) is 0 Å². The van der Waals surface area contributed by atoms with Crippen LogP contribution >= 0.6 is 0 Å². The zero-order chi connectivity index (χ0) is 12.0. The first-order chi connectivity index (χ1) is 7.67. The van der Waals surface area contributed by atoms with Gasteiger partial charge >= 0.3 is 0 Å². The van der Waals surface area contributed by atoms with Crippen LogP contribution in [0.25, 0.3) is 0 Å². The minimum atomic E-state index is 0.674. The van der Waals surface area contributed by atoms with Crippen LogP contribution in [0.2, 0.25) is 0 Å². The molecule has 1 rings (SSSR count). The molecular formula is C14H28N2. The normalized spacial score (nSPS) is 27.2. The zero-order valence-electron chi connectivity index (χ0n) is 11.2. The van der Waals surface area contributed by atoms with Crippen molar-refractivity contribution in [2.24, 2.45) is 5.92 Å². The van der Waals surface area contributed by atoms with Crippen molar-refractivity contribution in [3.63, 3.8) is 0 Å². The summed E-state index contributed by atoms with van der Waals surface area (Å²) in [5.41, 5.74) is 0. The molecule has 0 bridgehead atoms. The molecule has 1 saturated heterocycles. The Bertz CT molecular complexity index is 201. The highest BCUT2D eigenvalue weighted by Crippen LogP contribution is 2.16. The molecule has 0 aromatic heterocycles. The van der Waals surface area contributed by atoms with Crippen LogP contribution in [-0.4, -0.2) is 36.6 Å². The van der Waals surface area contributed by atoms with Crippen molar-refractivity contribution in [2.45, 2.75) is 52.1 Å². The molecule has 0 radical (unpaired) electrons. The van der Waals surface area contributed by atoms with E-state index >= 15 is 0 Å². The minimum Gasteiger partial charge on any atom is -0.311 e. The van der Waals surface area contributed by atoms with E-state index in [2.05, 4.69) is 37.6 Å². The fourth-order valence-corrected chi connectivity index (χ4v) is 2.66. The Morgan fingerprint density at radius 1 is 1.50 bits per heavy atom. The third-order valence-electron chi connectivity index (χ3n) is 3.35. The molecule has 2 unspecified atom stereocenters. The SMILES string of the molecule is C=CCN1CC(CC(C)C)NCC1CCC. The summed E-state index contributed by atoms with van der Waals surface area (Å²) in [6, 6.07) is 1.39. The molecule has 0 aromatic rings. The molecule has 1 fully saturated rings. The number of hydrogen-bond donors (Lipinski definition) is 1. The molecule has 1 aliphatic heterocycles. The van der Waals surface area contributed by atoms with E-state index in [4.69, 9.17) is 0 Å². The van der Waals surface area contributed by atoms with Gasteiger partial charge < -0.3 is 5.32 Å². The van der Waals surface area contributed by atoms with Crippen molar-refractivity contribution in [3.05, 3.63) is 12.7 Å². The quantitative estimate of drug-likeness (QED) is 0.698. The summed E-state index contributed by atoms with van der Waals surface area (Å²) in [6.07, 6.45) is 5.90. The fraction of sp³-hybridized carbons (Fsp3) is 0.857. The summed E-state index contributed by atoms with van der Waals surface area (Å²) < 4.78 is 0. The maximum atomic E-state index is 3.87. The first-order valence-electron chi connectivity index (χ1n) is 6.75. The zero-order valence-corrected chi connectivity index (χ0v) is 11.2. The summed E-state index contributed by atoms with van der Waals surface area (Å²) in [7, 11) is 0. The van der Waals surface area contributed by atoms with E-state index in [1.807, 2.05) is 6.08 Å². The lowest BCUT2D eigenvalue weighted by atomic mass is 9.98. The Hall–Kier alpha value is -0.340. The lowest BCUT2D eigenvalue weighted by Gasteiger charge is -2.40. The van der Waals surface area contributed by atoms with Gasteiger partial charge in [-0.1, -0.05) is 33.3 Å². The number of hydrogen-bond acceptors (Lipinski definition) is 2. The Labute approximate surface area is 101 Å². The van der Waals surface area contributed by atoms with E-state index in [-0.39, 0.29) is 0 Å². The largest absolute Gasteiger partial charge is 0.311 e. The van der Waals surface area contributed by atoms with Gasteiger partial charge in [-0.2, -0.15) is 0 Å². The monoisotopic (exact) mass is 224 g/mol. The second-order valence-corrected chi connectivity index (χ2v) is 5.42. The van der Waals surface area contributed by atoms with E-state index in [1.54, 1.807) is 0 Å². The van der Waals surface area contributed by atoms with Gasteiger partial charge in [0.1, 0.15) is 0 Å². The Kier molecular flexibility index (Phi) is 6.07. The van der Waals surface area contributed by atoms with Gasteiger partial charge in [0, 0.05) is 31.7 Å². The smallest absolute Gasteiger partial charge is 0.0224 e. The molecule has 1 heterocycles. The van der Waals surface area contributed by atoms with Crippen LogP contribution in [0.1, 0.15) is 40.0 Å². The summed E-state index contributed by atoms with van der Waals surface area (Å²) >= 11 is 0. The molecule has 16 heavy (non-hydrogen) atoms. The summed E-state index contributed by atoms with van der Waals surface area (Å²) in [6.45, 7) is 14.1. The van der Waals surface area contributed by atoms with Gasteiger partial charge in [0.25, 0.3) is 0 Å². The van der Waals surface area contributed by atoms with Gasteiger partial charge in [-0.3, -0.25) is 4.90 Å². The van der Waals surface area contributed by atoms with Crippen molar-refractivity contribution in [1.82, 2.24) is 10.2 Å². The number of nitrogens with zero attached hydrogens (tertiary/aromatic N) is 1. The molecule has 2 atom stereocenters. The van der Waals surface area contributed by atoms with Crippen molar-refractivity contribution in [1.29, 1.82) is 0 Å². The van der Waals surface area contributed by atoms with Crippen LogP contribution < -0.4 is 5.32 Å². The highest BCUT2D eigenvalue weighted by Gasteiger charge is 2.26. The van der Waals surface area contributed by atoms with Gasteiger partial charge in [-0.05, 0) is 18.8 Å². The minimum absolute atomic E-state index is 0.674. The van der Waals surface area contributed by atoms with Crippen LogP contribution in [0.4, 0.5) is 0 Å². The summed E-state index contributed by atoms with van der Waals surface area (Å²) in [5, 5.41) is 3.70. The van der Waals surface area contributed by atoms with E-state index in [1.165, 1.54) is 25.8 Å². The van der Waals surface area contributed by atoms with Gasteiger partial charge in [-0.15, -0.1) is 6.58 Å². The molecule has 1 aliphatic rings. The standard InChI is InChI=1S/C14H28N2/c1-5-7-14-10-15-13(9-12(3)4)11-16(14)8-6-2/h6,12-15H,2,5,7-11H2,1,3-4H3. The average molecular weight is 224 g/mol. The Morgan fingerprint density at radius 3 is 2.81 bits per heavy atom. The predicted octanol–water partition coefficient (Wildman–Crippen LogP) is 2.66. The van der Waals surface area contributed by atoms with Crippen LogP contribution in [0.3, 0.4) is 0 Å². The summed E-state index contributed by atoms with van der Waals surface area (Å²) in [4.78, 5) is 2.60. The van der Waals surface area contributed by atoms with Crippen LogP contribution in [0, 0.1) is 5.92 Å². The van der Waals surface area contributed by atoms with Gasteiger partial charge in [-0.25, -0.2) is 0 Å². The van der Waals surface area contributed by atoms with Crippen molar-refractivity contribution in [2.75, 3.05) is 19.6 Å². The first kappa shape index (κ1) is 13.7. The Morgan fingerprint density at radius 2 is 2.25 bits per heavy atom. The molecule has 2 nitrogen and oxygen atoms in total. The third-order valence-corrected chi connectivity index (χ3v) is 3.35. The first-order valence-corrected chi connectivity index (χ1v) is 6.75. The molecule has 0 amide bonds. The molecule has 0 spiro atoms. The van der Waals surface area contributed by atoms with Gasteiger partial charge in [0.15, 0.2) is 0 Å². The molecule has 0 aliphatic carbocycles. The number of piperazine rings is 1. The molecular weight excluding hydrogens is 196 g/mol. The van der Waals surface area contributed by atoms with Crippen molar-refractivity contribution >= 4 is 0 Å². The fourth-order valence-electron chi connectivity index (χ4n) is 2.66. The van der Waals surface area contributed by atoms with Gasteiger partial charge in [0.2, 0.25) is 0 Å². The van der Waals surface area contributed by atoms with Crippen molar-refractivity contribution in [3.8, 4) is 0 Å². The van der Waals surface area contributed by atoms with Crippen LogP contribution in [0.5, 0.6) is 0 Å². The van der Waals surface area contributed by atoms with Crippen LogP contribution in [-0.2, 0) is 0 Å². The molecule has 1 N–H and O–H groups in total. The second kappa shape index (κ2) is 7.08. The molecule has 94 valence electrons. The maximum Gasteiger partial charge on any atom is 0.0224 e. The topological polar surface area (TPSA) is 15.3 Å². The highest BCUT2D eigenvalue weighted by atomic mass is 15.2. The van der Waals surface area contributed by atoms with E-state index in [0.29, 0.717) is 12.1 Å². The maximum absolute atomic E-state index is 3.87. The lowest BCUT2D eigenvalue weighted by Crippen LogP contribution is -2.56. The number of rotatable bonds is 6. The second-order valence-electron chi connectivity index (χ2n) is 5.42. The molecule has 0 aromatic carbocycles. The van der Waals surface area contributed by atoms with Crippen LogP contribution in [0.15, 0.2) is 12.7 Å². The molecule has 2 heteroatoms. The number of nitrogens with one attached hydrogen (secondary N) is 1. The highest BCUT2D eigenvalue weighted by molar-refractivity contribution is 4.89. The Balaban J connectivity index is 2.46. The van der Waals surface area contributed by atoms with E-state index in [0.717, 1.165) is 19.0 Å². The third kappa shape index (κ3) is 4.26. The van der Waals surface area contributed by atoms with E-state index < -0.39 is 0 Å².